The first-order valence-electron chi connectivity index (χ1n) is 7.92. The Morgan fingerprint density at radius 1 is 1.37 bits per heavy atom. The number of phosphoric ester groups is 1. The number of amides is 1. The van der Waals surface area contributed by atoms with Crippen LogP contribution in [0.4, 0.5) is 17.6 Å². The molecular formula is C14H16F4NO7P. The molecule has 0 saturated carbocycles. The fraction of sp³-hybridized carbons (Fsp3) is 0.714. The van der Waals surface area contributed by atoms with Crippen molar-refractivity contribution >= 4 is 19.5 Å². The van der Waals surface area contributed by atoms with Crippen molar-refractivity contribution in [2.45, 2.75) is 56.9 Å². The van der Waals surface area contributed by atoms with E-state index in [4.69, 9.17) is 18.3 Å². The van der Waals surface area contributed by atoms with Gasteiger partial charge in [-0.3, -0.25) is 28.1 Å². The van der Waals surface area contributed by atoms with E-state index < -0.39 is 75.0 Å². The van der Waals surface area contributed by atoms with Crippen LogP contribution in [0.1, 0.15) is 20.3 Å². The predicted molar refractivity (Wildman–Crippen MR) is 78.8 cm³/mol. The fourth-order valence-electron chi connectivity index (χ4n) is 2.95. The van der Waals surface area contributed by atoms with Crippen LogP contribution in [0.5, 0.6) is 0 Å². The molecule has 2 fully saturated rings. The number of Topliss-reactive ketones (excluding diaryl/α,β-unsaturated/α-hetero) is 1. The van der Waals surface area contributed by atoms with Crippen molar-refractivity contribution in [2.75, 3.05) is 6.61 Å². The predicted octanol–water partition coefficient (Wildman–Crippen LogP) is 2.25. The third-order valence-corrected chi connectivity index (χ3v) is 5.79. The van der Waals surface area contributed by atoms with Gasteiger partial charge in [0.1, 0.15) is 6.10 Å². The average Bonchev–Trinajstić information content (AvgIpc) is 2.84. The van der Waals surface area contributed by atoms with Crippen LogP contribution in [0, 0.1) is 0 Å². The zero-order valence-electron chi connectivity index (χ0n) is 14.1. The van der Waals surface area contributed by atoms with Crippen molar-refractivity contribution < 1.29 is 50.0 Å². The number of phosphoric acid groups is 1. The highest BCUT2D eigenvalue weighted by Crippen LogP contribution is 2.60. The molecule has 0 radical (unpaired) electrons. The van der Waals surface area contributed by atoms with Gasteiger partial charge in [0.05, 0.1) is 19.1 Å². The number of ketones is 1. The van der Waals surface area contributed by atoms with E-state index in [2.05, 4.69) is 0 Å². The minimum atomic E-state index is -4.36. The van der Waals surface area contributed by atoms with E-state index in [0.29, 0.717) is 11.1 Å². The lowest BCUT2D eigenvalue weighted by Crippen LogP contribution is -2.55. The van der Waals surface area contributed by atoms with Crippen LogP contribution in [0.3, 0.4) is 0 Å². The molecule has 2 saturated heterocycles. The van der Waals surface area contributed by atoms with Gasteiger partial charge < -0.3 is 4.74 Å². The van der Waals surface area contributed by atoms with E-state index in [1.165, 1.54) is 13.8 Å². The molecule has 0 N–H and O–H groups in total. The maximum Gasteiger partial charge on any atom is 0.475 e. The standard InChI is InChI=1S/C14H16F4NO7P/c1-6(2)25-27(22)23-5-14(13(17)18)11(26-27)10(16)12(24-14)19-4-7(15)8(20)3-9(19)21/h4,6,10-13H,3,5H2,1-2H3/t10-,11-,12+,14+,27?/m0/s1. The number of carbonyl (C=O) groups is 2. The van der Waals surface area contributed by atoms with E-state index in [0.717, 1.165) is 0 Å². The van der Waals surface area contributed by atoms with Gasteiger partial charge in [0.25, 0.3) is 6.43 Å². The van der Waals surface area contributed by atoms with E-state index in [-0.39, 0.29) is 0 Å². The van der Waals surface area contributed by atoms with Gasteiger partial charge in [-0.15, -0.1) is 0 Å². The molecule has 3 rings (SSSR count). The molecule has 3 heterocycles. The third kappa shape index (κ3) is 3.44. The summed E-state index contributed by atoms with van der Waals surface area (Å²) in [5.74, 6) is -3.52. The first-order valence-corrected chi connectivity index (χ1v) is 9.38. The van der Waals surface area contributed by atoms with Crippen molar-refractivity contribution in [2.24, 2.45) is 0 Å². The summed E-state index contributed by atoms with van der Waals surface area (Å²) < 4.78 is 88.0. The zero-order valence-corrected chi connectivity index (χ0v) is 15.0. The Balaban J connectivity index is 1.93. The molecule has 3 aliphatic heterocycles. The monoisotopic (exact) mass is 417 g/mol. The second kappa shape index (κ2) is 6.93. The molecule has 3 aliphatic rings. The topological polar surface area (TPSA) is 91.4 Å². The molecule has 8 nitrogen and oxygen atoms in total. The van der Waals surface area contributed by atoms with Crippen molar-refractivity contribution in [3.8, 4) is 0 Å². The number of hydrogen-bond donors (Lipinski definition) is 0. The summed E-state index contributed by atoms with van der Waals surface area (Å²) in [5, 5.41) is 0. The highest BCUT2D eigenvalue weighted by Gasteiger charge is 2.68. The second-order valence-corrected chi connectivity index (χ2v) is 8.06. The van der Waals surface area contributed by atoms with Crippen LogP contribution in [0.15, 0.2) is 12.0 Å². The minimum Gasteiger partial charge on any atom is -0.337 e. The molecule has 0 spiro atoms. The van der Waals surface area contributed by atoms with Crippen molar-refractivity contribution in [3.05, 3.63) is 12.0 Å². The molecule has 5 atom stereocenters. The molecule has 27 heavy (non-hydrogen) atoms. The highest BCUT2D eigenvalue weighted by molar-refractivity contribution is 7.48. The van der Waals surface area contributed by atoms with Crippen LogP contribution in [-0.2, 0) is 32.5 Å². The Bertz CT molecular complexity index is 732. The van der Waals surface area contributed by atoms with Gasteiger partial charge in [-0.05, 0) is 13.8 Å². The molecule has 0 aromatic heterocycles. The van der Waals surface area contributed by atoms with E-state index in [9.17, 15) is 31.7 Å². The number of rotatable bonds is 4. The third-order valence-electron chi connectivity index (χ3n) is 4.18. The Kier molecular flexibility index (Phi) is 5.23. The Hall–Kier alpha value is -1.33. The summed E-state index contributed by atoms with van der Waals surface area (Å²) in [6.45, 7) is 1.90. The number of carbonyl (C=O) groups excluding carboxylic acids is 2. The van der Waals surface area contributed by atoms with Gasteiger partial charge in [0.15, 0.2) is 23.8 Å². The molecule has 1 unspecified atom stereocenters. The molecule has 0 bridgehead atoms. The number of allylic oxidation sites excluding steroid dienone is 1. The summed E-state index contributed by atoms with van der Waals surface area (Å²) in [6.07, 6.45) is -11.1. The number of nitrogens with zero attached hydrogens (tertiary/aromatic N) is 1. The summed E-state index contributed by atoms with van der Waals surface area (Å²) in [7, 11) is -4.36. The molecule has 0 aromatic rings. The lowest BCUT2D eigenvalue weighted by atomic mass is 9.97. The summed E-state index contributed by atoms with van der Waals surface area (Å²) in [5.41, 5.74) is -2.69. The van der Waals surface area contributed by atoms with Crippen LogP contribution < -0.4 is 0 Å². The number of halogens is 4. The molecule has 0 aromatic carbocycles. The number of ether oxygens (including phenoxy) is 1. The average molecular weight is 417 g/mol. The van der Waals surface area contributed by atoms with E-state index in [1.54, 1.807) is 0 Å². The zero-order chi connectivity index (χ0) is 20.1. The lowest BCUT2D eigenvalue weighted by molar-refractivity contribution is -0.213. The van der Waals surface area contributed by atoms with Gasteiger partial charge >= 0.3 is 7.82 Å². The molecule has 152 valence electrons. The quantitative estimate of drug-likeness (QED) is 0.394. The second-order valence-electron chi connectivity index (χ2n) is 6.49. The maximum atomic E-state index is 14.9. The molecule has 13 heteroatoms. The number of hydrogen-bond acceptors (Lipinski definition) is 7. The van der Waals surface area contributed by atoms with Gasteiger partial charge in [0, 0.05) is 6.20 Å². The van der Waals surface area contributed by atoms with E-state index >= 15 is 0 Å². The van der Waals surface area contributed by atoms with Crippen molar-refractivity contribution in [1.82, 2.24) is 4.90 Å². The van der Waals surface area contributed by atoms with Crippen molar-refractivity contribution in [3.63, 3.8) is 0 Å². The maximum absolute atomic E-state index is 14.9. The Morgan fingerprint density at radius 2 is 2.04 bits per heavy atom. The first-order chi connectivity index (χ1) is 12.5. The largest absolute Gasteiger partial charge is 0.475 e. The SMILES string of the molecule is CC(C)OP1(=O)OC[C@@]2(C(F)F)O[C@@H](N3C=C(F)C(=O)CC3=O)[C@@H](F)[C@@H]2O1. The number of fused-ring (bicyclic) bond motifs is 1. The Labute approximate surface area is 151 Å². The van der Waals surface area contributed by atoms with Crippen molar-refractivity contribution in [1.29, 1.82) is 0 Å². The molecule has 0 aliphatic carbocycles. The van der Waals surface area contributed by atoms with Gasteiger partial charge in [-0.25, -0.2) is 22.1 Å². The Morgan fingerprint density at radius 3 is 2.63 bits per heavy atom. The van der Waals surface area contributed by atoms with Crippen LogP contribution in [0.2, 0.25) is 0 Å². The van der Waals surface area contributed by atoms with Gasteiger partial charge in [0.2, 0.25) is 11.7 Å². The number of alkyl halides is 3. The van der Waals surface area contributed by atoms with Gasteiger partial charge in [-0.1, -0.05) is 0 Å². The first kappa shape index (κ1) is 20.4. The summed E-state index contributed by atoms with van der Waals surface area (Å²) in [4.78, 5) is 23.5. The molecule has 1 amide bonds. The van der Waals surface area contributed by atoms with Gasteiger partial charge in [-0.2, -0.15) is 0 Å². The minimum absolute atomic E-state index is 0.376. The van der Waals surface area contributed by atoms with Crippen LogP contribution in [0.25, 0.3) is 0 Å². The smallest absolute Gasteiger partial charge is 0.337 e. The summed E-state index contributed by atoms with van der Waals surface area (Å²) in [6, 6.07) is 0. The molecular weight excluding hydrogens is 401 g/mol. The summed E-state index contributed by atoms with van der Waals surface area (Å²) >= 11 is 0. The lowest BCUT2D eigenvalue weighted by Gasteiger charge is -2.39. The normalized spacial score (nSPS) is 39.9. The van der Waals surface area contributed by atoms with Crippen LogP contribution >= 0.6 is 7.82 Å². The fourth-order valence-corrected chi connectivity index (χ4v) is 4.57. The highest BCUT2D eigenvalue weighted by atomic mass is 31.2. The van der Waals surface area contributed by atoms with Crippen LogP contribution in [-0.4, -0.2) is 59.8 Å². The van der Waals surface area contributed by atoms with E-state index in [1.807, 2.05) is 0 Å².